The van der Waals surface area contributed by atoms with Gasteiger partial charge in [0.2, 0.25) is 5.91 Å². The average Bonchev–Trinajstić information content (AvgIpc) is 2.35. The van der Waals surface area contributed by atoms with Crippen LogP contribution in [0.15, 0.2) is 18.2 Å². The quantitative estimate of drug-likeness (QED) is 0.624. The Kier molecular flexibility index (Phi) is 5.94. The summed E-state index contributed by atoms with van der Waals surface area (Å²) in [6.07, 6.45) is -4.42. The van der Waals surface area contributed by atoms with Gasteiger partial charge in [-0.15, -0.1) is 0 Å². The molecule has 0 atom stereocenters. The predicted octanol–water partition coefficient (Wildman–Crippen LogP) is 2.46. The van der Waals surface area contributed by atoms with Crippen molar-refractivity contribution in [3.8, 4) is 0 Å². The Labute approximate surface area is 114 Å². The zero-order valence-electron chi connectivity index (χ0n) is 11.0. The molecule has 3 nitrogen and oxygen atoms in total. The monoisotopic (exact) mass is 292 g/mol. The van der Waals surface area contributed by atoms with Crippen LogP contribution in [0.4, 0.5) is 17.6 Å². The molecule has 0 unspecified atom stereocenters. The van der Waals surface area contributed by atoms with E-state index in [2.05, 4.69) is 10.6 Å². The van der Waals surface area contributed by atoms with E-state index in [9.17, 15) is 22.4 Å². The third-order valence-corrected chi connectivity index (χ3v) is 2.60. The van der Waals surface area contributed by atoms with Crippen molar-refractivity contribution in [3.63, 3.8) is 0 Å². The minimum Gasteiger partial charge on any atom is -0.356 e. The van der Waals surface area contributed by atoms with Gasteiger partial charge in [0, 0.05) is 26.1 Å². The fourth-order valence-electron chi connectivity index (χ4n) is 1.68. The largest absolute Gasteiger partial charge is 0.416 e. The number of carbonyl (C=O) groups is 1. The topological polar surface area (TPSA) is 41.1 Å². The second-order valence-electron chi connectivity index (χ2n) is 4.18. The molecule has 112 valence electrons. The molecule has 0 aliphatic heterocycles. The van der Waals surface area contributed by atoms with Crippen molar-refractivity contribution in [1.29, 1.82) is 0 Å². The normalized spacial score (nSPS) is 11.4. The Morgan fingerprint density at radius 2 is 2.00 bits per heavy atom. The number of amides is 1. The van der Waals surface area contributed by atoms with Gasteiger partial charge in [-0.3, -0.25) is 4.79 Å². The van der Waals surface area contributed by atoms with Gasteiger partial charge in [-0.2, -0.15) is 13.2 Å². The van der Waals surface area contributed by atoms with Crippen molar-refractivity contribution >= 4 is 5.91 Å². The van der Waals surface area contributed by atoms with Gasteiger partial charge in [0.05, 0.1) is 5.56 Å². The van der Waals surface area contributed by atoms with Gasteiger partial charge in [0.1, 0.15) is 5.82 Å². The smallest absolute Gasteiger partial charge is 0.356 e. The van der Waals surface area contributed by atoms with E-state index in [0.717, 1.165) is 12.1 Å². The number of nitrogens with one attached hydrogen (secondary N) is 2. The molecule has 0 fully saturated rings. The maximum Gasteiger partial charge on any atom is 0.416 e. The number of halogens is 4. The first kappa shape index (κ1) is 16.4. The van der Waals surface area contributed by atoms with Crippen LogP contribution in [0.5, 0.6) is 0 Å². The molecule has 0 bridgehead atoms. The SMILES string of the molecule is CCNC(=O)CCNCc1ccc(F)cc1C(F)(F)F. The van der Waals surface area contributed by atoms with Crippen molar-refractivity contribution in [1.82, 2.24) is 10.6 Å². The van der Waals surface area contributed by atoms with E-state index in [4.69, 9.17) is 0 Å². The van der Waals surface area contributed by atoms with Crippen LogP contribution >= 0.6 is 0 Å². The molecule has 0 saturated heterocycles. The zero-order chi connectivity index (χ0) is 15.2. The van der Waals surface area contributed by atoms with Crippen molar-refractivity contribution in [2.24, 2.45) is 0 Å². The lowest BCUT2D eigenvalue weighted by Crippen LogP contribution is -2.27. The van der Waals surface area contributed by atoms with Crippen LogP contribution in [0.3, 0.4) is 0 Å². The van der Waals surface area contributed by atoms with E-state index in [1.54, 1.807) is 6.92 Å². The number of hydrogen-bond donors (Lipinski definition) is 2. The number of carbonyl (C=O) groups excluding carboxylic acids is 1. The Hall–Kier alpha value is -1.63. The molecule has 1 amide bonds. The summed E-state index contributed by atoms with van der Waals surface area (Å²) in [5, 5.41) is 5.32. The lowest BCUT2D eigenvalue weighted by molar-refractivity contribution is -0.138. The van der Waals surface area contributed by atoms with Crippen LogP contribution in [0, 0.1) is 5.82 Å². The van der Waals surface area contributed by atoms with E-state index >= 15 is 0 Å². The summed E-state index contributed by atoms with van der Waals surface area (Å²) in [7, 11) is 0. The first-order valence-electron chi connectivity index (χ1n) is 6.17. The molecule has 2 N–H and O–H groups in total. The fraction of sp³-hybridized carbons (Fsp3) is 0.462. The molecule has 0 aliphatic rings. The summed E-state index contributed by atoms with van der Waals surface area (Å²) < 4.78 is 51.0. The molecule has 1 aromatic rings. The van der Waals surface area contributed by atoms with E-state index in [-0.39, 0.29) is 31.0 Å². The summed E-state index contributed by atoms with van der Waals surface area (Å²) >= 11 is 0. The summed E-state index contributed by atoms with van der Waals surface area (Å²) in [6, 6.07) is 2.55. The zero-order valence-corrected chi connectivity index (χ0v) is 11.0. The van der Waals surface area contributed by atoms with Crippen molar-refractivity contribution in [3.05, 3.63) is 35.1 Å². The first-order chi connectivity index (χ1) is 9.34. The Morgan fingerprint density at radius 3 is 2.60 bits per heavy atom. The molecule has 0 aliphatic carbocycles. The minimum absolute atomic E-state index is 0.0465. The third kappa shape index (κ3) is 5.16. The van der Waals surface area contributed by atoms with Crippen molar-refractivity contribution < 1.29 is 22.4 Å². The number of hydrogen-bond acceptors (Lipinski definition) is 2. The van der Waals surface area contributed by atoms with E-state index in [0.29, 0.717) is 12.6 Å². The minimum atomic E-state index is -4.60. The van der Waals surface area contributed by atoms with Gasteiger partial charge in [-0.05, 0) is 24.6 Å². The summed E-state index contributed by atoms with van der Waals surface area (Å²) in [6.45, 7) is 2.46. The summed E-state index contributed by atoms with van der Waals surface area (Å²) in [5.74, 6) is -1.10. The molecule has 0 heterocycles. The highest BCUT2D eigenvalue weighted by atomic mass is 19.4. The highest BCUT2D eigenvalue weighted by Crippen LogP contribution is 2.32. The molecule has 20 heavy (non-hydrogen) atoms. The van der Waals surface area contributed by atoms with Crippen molar-refractivity contribution in [2.75, 3.05) is 13.1 Å². The molecule has 1 rings (SSSR count). The van der Waals surface area contributed by atoms with Crippen LogP contribution in [0.1, 0.15) is 24.5 Å². The third-order valence-electron chi connectivity index (χ3n) is 2.60. The van der Waals surface area contributed by atoms with Crippen LogP contribution < -0.4 is 10.6 Å². The Bertz CT molecular complexity index is 460. The molecular weight excluding hydrogens is 276 g/mol. The Morgan fingerprint density at radius 1 is 1.30 bits per heavy atom. The Balaban J connectivity index is 2.58. The molecule has 7 heteroatoms. The van der Waals surface area contributed by atoms with Crippen LogP contribution in [0.2, 0.25) is 0 Å². The van der Waals surface area contributed by atoms with Gasteiger partial charge in [-0.1, -0.05) is 6.07 Å². The van der Waals surface area contributed by atoms with E-state index in [1.165, 1.54) is 0 Å². The predicted molar refractivity (Wildman–Crippen MR) is 66.4 cm³/mol. The molecule has 0 saturated carbocycles. The average molecular weight is 292 g/mol. The second kappa shape index (κ2) is 7.23. The van der Waals surface area contributed by atoms with E-state index in [1.807, 2.05) is 0 Å². The van der Waals surface area contributed by atoms with Crippen LogP contribution in [-0.4, -0.2) is 19.0 Å². The summed E-state index contributed by atoms with van der Waals surface area (Å²) in [4.78, 5) is 11.1. The van der Waals surface area contributed by atoms with Gasteiger partial charge < -0.3 is 10.6 Å². The second-order valence-corrected chi connectivity index (χ2v) is 4.18. The van der Waals surface area contributed by atoms with Crippen LogP contribution in [0.25, 0.3) is 0 Å². The van der Waals surface area contributed by atoms with Gasteiger partial charge in [0.15, 0.2) is 0 Å². The van der Waals surface area contributed by atoms with Gasteiger partial charge >= 0.3 is 6.18 Å². The lowest BCUT2D eigenvalue weighted by atomic mass is 10.1. The van der Waals surface area contributed by atoms with E-state index < -0.39 is 17.6 Å². The lowest BCUT2D eigenvalue weighted by Gasteiger charge is -2.13. The molecule has 1 aromatic carbocycles. The summed E-state index contributed by atoms with van der Waals surface area (Å²) in [5.41, 5.74) is -1.04. The molecule has 0 spiro atoms. The van der Waals surface area contributed by atoms with Gasteiger partial charge in [0.25, 0.3) is 0 Å². The van der Waals surface area contributed by atoms with Crippen molar-refractivity contribution in [2.45, 2.75) is 26.1 Å². The number of rotatable bonds is 6. The fourth-order valence-corrected chi connectivity index (χ4v) is 1.68. The molecule has 0 radical (unpaired) electrons. The first-order valence-corrected chi connectivity index (χ1v) is 6.17. The maximum atomic E-state index is 12.9. The molecular formula is C13H16F4N2O. The van der Waals surface area contributed by atoms with Crippen LogP contribution in [-0.2, 0) is 17.5 Å². The highest BCUT2D eigenvalue weighted by molar-refractivity contribution is 5.75. The maximum absolute atomic E-state index is 12.9. The number of alkyl halides is 3. The number of benzene rings is 1. The highest BCUT2D eigenvalue weighted by Gasteiger charge is 2.33. The standard InChI is InChI=1S/C13H16F4N2O/c1-2-19-12(20)5-6-18-8-9-3-4-10(14)7-11(9)13(15,16)17/h3-4,7,18H,2,5-6,8H2,1H3,(H,19,20). The molecule has 0 aromatic heterocycles. The van der Waals surface area contributed by atoms with Gasteiger partial charge in [-0.25, -0.2) is 4.39 Å².